The molecular formula is C10H10O3. The molecule has 0 aliphatic heterocycles. The van der Waals surface area contributed by atoms with Gasteiger partial charge in [0.05, 0.1) is 12.4 Å². The van der Waals surface area contributed by atoms with Crippen LogP contribution in [0.5, 0.6) is 5.75 Å². The summed E-state index contributed by atoms with van der Waals surface area (Å²) >= 11 is 0. The summed E-state index contributed by atoms with van der Waals surface area (Å²) in [5, 5.41) is 19.4. The summed E-state index contributed by atoms with van der Waals surface area (Å²) in [6, 6.07) is 4.83. The highest BCUT2D eigenvalue weighted by Crippen LogP contribution is 2.28. The van der Waals surface area contributed by atoms with Crippen molar-refractivity contribution >= 4 is 11.0 Å². The second-order valence-corrected chi connectivity index (χ2v) is 3.05. The van der Waals surface area contributed by atoms with Gasteiger partial charge in [0.1, 0.15) is 11.3 Å². The summed E-state index contributed by atoms with van der Waals surface area (Å²) in [4.78, 5) is 0. The SMILES string of the molecule is CC(O)c1coc2cc(O)ccc12. The number of hydrogen-bond donors (Lipinski definition) is 2. The van der Waals surface area contributed by atoms with E-state index in [9.17, 15) is 5.11 Å². The third-order valence-corrected chi connectivity index (χ3v) is 2.04. The molecule has 2 aromatic rings. The molecule has 0 aliphatic carbocycles. The van der Waals surface area contributed by atoms with E-state index >= 15 is 0 Å². The monoisotopic (exact) mass is 178 g/mol. The highest BCUT2D eigenvalue weighted by molar-refractivity contribution is 5.82. The average Bonchev–Trinajstić information content (AvgIpc) is 2.46. The van der Waals surface area contributed by atoms with Gasteiger partial charge in [0, 0.05) is 17.0 Å². The van der Waals surface area contributed by atoms with E-state index in [1.807, 2.05) is 0 Å². The van der Waals surface area contributed by atoms with E-state index < -0.39 is 6.10 Å². The topological polar surface area (TPSA) is 53.6 Å². The fourth-order valence-corrected chi connectivity index (χ4v) is 1.36. The van der Waals surface area contributed by atoms with Crippen molar-refractivity contribution in [3.63, 3.8) is 0 Å². The summed E-state index contributed by atoms with van der Waals surface area (Å²) in [6.45, 7) is 1.68. The van der Waals surface area contributed by atoms with Crippen molar-refractivity contribution in [2.24, 2.45) is 0 Å². The molecule has 1 heterocycles. The van der Waals surface area contributed by atoms with Gasteiger partial charge in [-0.3, -0.25) is 0 Å². The maximum Gasteiger partial charge on any atom is 0.137 e. The van der Waals surface area contributed by atoms with Gasteiger partial charge in [-0.1, -0.05) is 0 Å². The Balaban J connectivity index is 2.69. The van der Waals surface area contributed by atoms with Crippen LogP contribution in [-0.4, -0.2) is 10.2 Å². The largest absolute Gasteiger partial charge is 0.508 e. The first kappa shape index (κ1) is 8.13. The molecule has 1 aromatic heterocycles. The van der Waals surface area contributed by atoms with Crippen LogP contribution in [-0.2, 0) is 0 Å². The van der Waals surface area contributed by atoms with E-state index in [0.29, 0.717) is 5.58 Å². The van der Waals surface area contributed by atoms with Crippen LogP contribution in [0.4, 0.5) is 0 Å². The molecule has 3 heteroatoms. The highest BCUT2D eigenvalue weighted by atomic mass is 16.3. The van der Waals surface area contributed by atoms with Gasteiger partial charge in [-0.05, 0) is 19.1 Å². The van der Waals surface area contributed by atoms with Crippen molar-refractivity contribution < 1.29 is 14.6 Å². The molecule has 0 fully saturated rings. The first-order valence-corrected chi connectivity index (χ1v) is 4.06. The lowest BCUT2D eigenvalue weighted by molar-refractivity contribution is 0.199. The summed E-state index contributed by atoms with van der Waals surface area (Å²) in [6.07, 6.45) is 0.959. The van der Waals surface area contributed by atoms with Crippen molar-refractivity contribution in [2.45, 2.75) is 13.0 Å². The quantitative estimate of drug-likeness (QED) is 0.703. The molecule has 0 radical (unpaired) electrons. The smallest absolute Gasteiger partial charge is 0.137 e. The molecule has 1 unspecified atom stereocenters. The zero-order valence-electron chi connectivity index (χ0n) is 7.19. The van der Waals surface area contributed by atoms with Crippen LogP contribution < -0.4 is 0 Å². The normalized spacial score (nSPS) is 13.4. The minimum atomic E-state index is -0.550. The number of furan rings is 1. The Labute approximate surface area is 75.2 Å². The van der Waals surface area contributed by atoms with Crippen molar-refractivity contribution in [3.05, 3.63) is 30.0 Å². The maximum atomic E-state index is 9.36. The number of hydrogen-bond acceptors (Lipinski definition) is 3. The highest BCUT2D eigenvalue weighted by Gasteiger charge is 2.10. The number of aromatic hydroxyl groups is 1. The second kappa shape index (κ2) is 2.78. The van der Waals surface area contributed by atoms with Crippen molar-refractivity contribution in [3.8, 4) is 5.75 Å². The Morgan fingerprint density at radius 1 is 1.38 bits per heavy atom. The Hall–Kier alpha value is -1.48. The third-order valence-electron chi connectivity index (χ3n) is 2.04. The van der Waals surface area contributed by atoms with E-state index in [0.717, 1.165) is 10.9 Å². The molecule has 0 amide bonds. The molecule has 0 aliphatic rings. The van der Waals surface area contributed by atoms with Crippen LogP contribution in [0, 0.1) is 0 Å². The Morgan fingerprint density at radius 3 is 2.85 bits per heavy atom. The predicted molar refractivity (Wildman–Crippen MR) is 48.5 cm³/mol. The first-order valence-electron chi connectivity index (χ1n) is 4.06. The van der Waals surface area contributed by atoms with Gasteiger partial charge in [-0.15, -0.1) is 0 Å². The van der Waals surface area contributed by atoms with Crippen molar-refractivity contribution in [1.82, 2.24) is 0 Å². The van der Waals surface area contributed by atoms with E-state index in [2.05, 4.69) is 0 Å². The molecule has 1 aromatic carbocycles. The summed E-state index contributed by atoms with van der Waals surface area (Å²) in [5.74, 6) is 0.166. The zero-order valence-corrected chi connectivity index (χ0v) is 7.19. The molecule has 13 heavy (non-hydrogen) atoms. The summed E-state index contributed by atoms with van der Waals surface area (Å²) in [7, 11) is 0. The molecule has 0 saturated carbocycles. The molecule has 3 nitrogen and oxygen atoms in total. The number of phenolic OH excluding ortho intramolecular Hbond substituents is 1. The number of aliphatic hydroxyl groups excluding tert-OH is 1. The van der Waals surface area contributed by atoms with Gasteiger partial charge in [0.2, 0.25) is 0 Å². The Morgan fingerprint density at radius 2 is 2.15 bits per heavy atom. The first-order chi connectivity index (χ1) is 6.18. The number of benzene rings is 1. The maximum absolute atomic E-state index is 9.36. The van der Waals surface area contributed by atoms with E-state index in [-0.39, 0.29) is 5.75 Å². The number of phenols is 1. The molecular weight excluding hydrogens is 168 g/mol. The zero-order chi connectivity index (χ0) is 9.42. The summed E-state index contributed by atoms with van der Waals surface area (Å²) in [5.41, 5.74) is 1.34. The van der Waals surface area contributed by atoms with Gasteiger partial charge in [-0.25, -0.2) is 0 Å². The van der Waals surface area contributed by atoms with Gasteiger partial charge < -0.3 is 14.6 Å². The Bertz CT molecular complexity index is 429. The van der Waals surface area contributed by atoms with E-state index in [1.54, 1.807) is 19.1 Å². The summed E-state index contributed by atoms with van der Waals surface area (Å²) < 4.78 is 5.17. The number of aliphatic hydroxyl groups is 1. The van der Waals surface area contributed by atoms with Crippen LogP contribution in [0.2, 0.25) is 0 Å². The molecule has 0 bridgehead atoms. The molecule has 2 N–H and O–H groups in total. The van der Waals surface area contributed by atoms with Crippen LogP contribution in [0.15, 0.2) is 28.9 Å². The second-order valence-electron chi connectivity index (χ2n) is 3.05. The van der Waals surface area contributed by atoms with E-state index in [4.69, 9.17) is 9.52 Å². The molecule has 68 valence electrons. The average molecular weight is 178 g/mol. The fraction of sp³-hybridized carbons (Fsp3) is 0.200. The van der Waals surface area contributed by atoms with Crippen LogP contribution in [0.3, 0.4) is 0 Å². The van der Waals surface area contributed by atoms with Gasteiger partial charge >= 0.3 is 0 Å². The van der Waals surface area contributed by atoms with Crippen LogP contribution in [0.25, 0.3) is 11.0 Å². The van der Waals surface area contributed by atoms with E-state index in [1.165, 1.54) is 12.3 Å². The molecule has 0 spiro atoms. The minimum Gasteiger partial charge on any atom is -0.508 e. The van der Waals surface area contributed by atoms with Crippen LogP contribution >= 0.6 is 0 Å². The van der Waals surface area contributed by atoms with Gasteiger partial charge in [0.15, 0.2) is 0 Å². The lowest BCUT2D eigenvalue weighted by atomic mass is 10.1. The third kappa shape index (κ3) is 1.27. The Kier molecular flexibility index (Phi) is 1.74. The van der Waals surface area contributed by atoms with Gasteiger partial charge in [-0.2, -0.15) is 0 Å². The lowest BCUT2D eigenvalue weighted by Gasteiger charge is -1.99. The fourth-order valence-electron chi connectivity index (χ4n) is 1.36. The van der Waals surface area contributed by atoms with Crippen LogP contribution in [0.1, 0.15) is 18.6 Å². The molecule has 1 atom stereocenters. The number of fused-ring (bicyclic) bond motifs is 1. The lowest BCUT2D eigenvalue weighted by Crippen LogP contribution is -1.87. The number of rotatable bonds is 1. The molecule has 2 rings (SSSR count). The van der Waals surface area contributed by atoms with Crippen molar-refractivity contribution in [1.29, 1.82) is 0 Å². The molecule has 0 saturated heterocycles. The predicted octanol–water partition coefficient (Wildman–Crippen LogP) is 2.19. The van der Waals surface area contributed by atoms with Gasteiger partial charge in [0.25, 0.3) is 0 Å². The van der Waals surface area contributed by atoms with Crippen molar-refractivity contribution in [2.75, 3.05) is 0 Å². The standard InChI is InChI=1S/C10H10O3/c1-6(11)9-5-13-10-4-7(12)2-3-8(9)10/h2-6,11-12H,1H3. The minimum absolute atomic E-state index is 0.166.